The van der Waals surface area contributed by atoms with Crippen molar-refractivity contribution in [3.63, 3.8) is 0 Å². The molecule has 0 radical (unpaired) electrons. The van der Waals surface area contributed by atoms with Gasteiger partial charge in [-0.15, -0.1) is 11.6 Å². The number of nitriles is 1. The summed E-state index contributed by atoms with van der Waals surface area (Å²) in [5, 5.41) is 8.77. The number of hydrogen-bond donors (Lipinski definition) is 0. The molecule has 0 saturated carbocycles. The predicted molar refractivity (Wildman–Crippen MR) is 63.0 cm³/mol. The van der Waals surface area contributed by atoms with Crippen LogP contribution in [-0.2, 0) is 4.43 Å². The number of halogens is 1. The molecule has 0 aromatic heterocycles. The standard InChI is InChI=1S/C10H20ClNOSi/c1-10(2,3)14(4,5)13-9(8-11)6-7-12/h9H,6,8H2,1-5H3/t9-/m1/s1. The van der Waals surface area contributed by atoms with Gasteiger partial charge in [0.25, 0.3) is 0 Å². The summed E-state index contributed by atoms with van der Waals surface area (Å²) in [4.78, 5) is 0. The van der Waals surface area contributed by atoms with Crippen LogP contribution in [0.3, 0.4) is 0 Å². The van der Waals surface area contributed by atoms with Gasteiger partial charge in [-0.3, -0.25) is 0 Å². The summed E-state index contributed by atoms with van der Waals surface area (Å²) in [7, 11) is -1.76. The first-order valence-corrected chi connectivity index (χ1v) is 8.29. The Morgan fingerprint density at radius 1 is 1.43 bits per heavy atom. The molecule has 2 nitrogen and oxygen atoms in total. The van der Waals surface area contributed by atoms with Gasteiger partial charge in [-0.2, -0.15) is 5.26 Å². The van der Waals surface area contributed by atoms with Crippen molar-refractivity contribution in [2.75, 3.05) is 5.88 Å². The molecule has 0 bridgehead atoms. The zero-order chi connectivity index (χ0) is 11.4. The van der Waals surface area contributed by atoms with Crippen LogP contribution in [0.4, 0.5) is 0 Å². The summed E-state index contributed by atoms with van der Waals surface area (Å²) in [6.45, 7) is 10.9. The average Bonchev–Trinajstić information content (AvgIpc) is 2.01. The lowest BCUT2D eigenvalue weighted by atomic mass is 10.2. The Labute approximate surface area is 93.3 Å². The lowest BCUT2D eigenvalue weighted by Crippen LogP contribution is -2.44. The Bertz CT molecular complexity index is 217. The fraction of sp³-hybridized carbons (Fsp3) is 0.900. The van der Waals surface area contributed by atoms with E-state index in [4.69, 9.17) is 21.3 Å². The Balaban J connectivity index is 4.41. The maximum atomic E-state index is 8.59. The minimum Gasteiger partial charge on any atom is -0.412 e. The second-order valence-electron chi connectivity index (χ2n) is 5.02. The minimum atomic E-state index is -1.76. The highest BCUT2D eigenvalue weighted by Gasteiger charge is 2.38. The SMILES string of the molecule is CC(C)(C)[Si](C)(C)O[C@@H](CCl)CC#N. The molecule has 4 heteroatoms. The predicted octanol–water partition coefficient (Wildman–Crippen LogP) is 3.53. The monoisotopic (exact) mass is 233 g/mol. The van der Waals surface area contributed by atoms with Gasteiger partial charge in [0.1, 0.15) is 0 Å². The fourth-order valence-electron chi connectivity index (χ4n) is 0.823. The molecule has 0 fully saturated rings. The van der Waals surface area contributed by atoms with Gasteiger partial charge in [-0.1, -0.05) is 20.8 Å². The van der Waals surface area contributed by atoms with Gasteiger partial charge in [0.15, 0.2) is 8.32 Å². The van der Waals surface area contributed by atoms with Crippen molar-refractivity contribution >= 4 is 19.9 Å². The molecule has 1 atom stereocenters. The number of nitrogens with zero attached hydrogens (tertiary/aromatic N) is 1. The molecule has 0 spiro atoms. The van der Waals surface area contributed by atoms with Crippen LogP contribution in [-0.4, -0.2) is 20.3 Å². The normalized spacial score (nSPS) is 14.9. The summed E-state index contributed by atoms with van der Waals surface area (Å²) >= 11 is 5.75. The van der Waals surface area contributed by atoms with E-state index in [0.29, 0.717) is 12.3 Å². The molecule has 0 aromatic rings. The van der Waals surface area contributed by atoms with Crippen molar-refractivity contribution in [1.82, 2.24) is 0 Å². The lowest BCUT2D eigenvalue weighted by Gasteiger charge is -2.38. The molecule has 0 aliphatic carbocycles. The Hall–Kier alpha value is -0.0431. The van der Waals surface area contributed by atoms with Crippen LogP contribution in [0.25, 0.3) is 0 Å². The largest absolute Gasteiger partial charge is 0.412 e. The smallest absolute Gasteiger partial charge is 0.192 e. The first-order chi connectivity index (χ1) is 6.24. The zero-order valence-corrected chi connectivity index (χ0v) is 11.5. The maximum Gasteiger partial charge on any atom is 0.192 e. The molecule has 0 aromatic carbocycles. The van der Waals surface area contributed by atoms with Gasteiger partial charge in [0.2, 0.25) is 0 Å². The van der Waals surface area contributed by atoms with Gasteiger partial charge in [0, 0.05) is 5.88 Å². The second-order valence-corrected chi connectivity index (χ2v) is 10.1. The van der Waals surface area contributed by atoms with Gasteiger partial charge in [-0.05, 0) is 18.1 Å². The Kier molecular flexibility index (Phi) is 5.14. The molecule has 0 amide bonds. The number of alkyl halides is 1. The fourth-order valence-corrected chi connectivity index (χ4v) is 2.45. The van der Waals surface area contributed by atoms with Crippen LogP contribution in [0.5, 0.6) is 0 Å². The van der Waals surface area contributed by atoms with E-state index in [1.807, 2.05) is 0 Å². The highest BCUT2D eigenvalue weighted by atomic mass is 35.5. The Morgan fingerprint density at radius 2 is 1.93 bits per heavy atom. The van der Waals surface area contributed by atoms with Gasteiger partial charge < -0.3 is 4.43 Å². The third kappa shape index (κ3) is 3.99. The molecule has 0 aliphatic heterocycles. The molecular formula is C10H20ClNOSi. The first-order valence-electron chi connectivity index (χ1n) is 4.85. The van der Waals surface area contributed by atoms with E-state index in [9.17, 15) is 0 Å². The van der Waals surface area contributed by atoms with Crippen LogP contribution >= 0.6 is 11.6 Å². The molecule has 0 heterocycles. The number of hydrogen-bond acceptors (Lipinski definition) is 2. The average molecular weight is 234 g/mol. The van der Waals surface area contributed by atoms with Crippen molar-refractivity contribution in [2.45, 2.75) is 51.4 Å². The molecule has 0 rings (SSSR count). The van der Waals surface area contributed by atoms with Crippen molar-refractivity contribution in [2.24, 2.45) is 0 Å². The van der Waals surface area contributed by atoms with E-state index in [2.05, 4.69) is 39.9 Å². The number of rotatable bonds is 4. The lowest BCUT2D eigenvalue weighted by molar-refractivity contribution is 0.207. The molecule has 0 N–H and O–H groups in total. The zero-order valence-electron chi connectivity index (χ0n) is 9.72. The molecule has 82 valence electrons. The summed E-state index contributed by atoms with van der Waals surface area (Å²) < 4.78 is 5.98. The summed E-state index contributed by atoms with van der Waals surface area (Å²) in [5.41, 5.74) is 0. The van der Waals surface area contributed by atoms with Crippen molar-refractivity contribution < 1.29 is 4.43 Å². The van der Waals surface area contributed by atoms with E-state index < -0.39 is 8.32 Å². The van der Waals surface area contributed by atoms with Crippen LogP contribution in [0.2, 0.25) is 18.1 Å². The van der Waals surface area contributed by atoms with Crippen LogP contribution in [0, 0.1) is 11.3 Å². The maximum absolute atomic E-state index is 8.59. The molecular weight excluding hydrogens is 214 g/mol. The van der Waals surface area contributed by atoms with Crippen molar-refractivity contribution in [3.05, 3.63) is 0 Å². The van der Waals surface area contributed by atoms with E-state index >= 15 is 0 Å². The highest BCUT2D eigenvalue weighted by molar-refractivity contribution is 6.74. The molecule has 0 unspecified atom stereocenters. The van der Waals surface area contributed by atoms with Crippen molar-refractivity contribution in [1.29, 1.82) is 5.26 Å². The van der Waals surface area contributed by atoms with E-state index in [1.54, 1.807) is 0 Å². The van der Waals surface area contributed by atoms with Crippen LogP contribution in [0.1, 0.15) is 27.2 Å². The molecule has 0 saturated heterocycles. The summed E-state index contributed by atoms with van der Waals surface area (Å²) in [6.07, 6.45) is 0.276. The van der Waals surface area contributed by atoms with Crippen molar-refractivity contribution in [3.8, 4) is 6.07 Å². The molecule has 14 heavy (non-hydrogen) atoms. The third-order valence-electron chi connectivity index (χ3n) is 2.76. The van der Waals surface area contributed by atoms with Gasteiger partial charge in [-0.25, -0.2) is 0 Å². The first kappa shape index (κ1) is 14.0. The summed E-state index contributed by atoms with van der Waals surface area (Å²) in [5.74, 6) is 0.403. The van der Waals surface area contributed by atoms with Gasteiger partial charge >= 0.3 is 0 Å². The summed E-state index contributed by atoms with van der Waals surface area (Å²) in [6, 6.07) is 2.11. The van der Waals surface area contributed by atoms with Crippen LogP contribution in [0.15, 0.2) is 0 Å². The Morgan fingerprint density at radius 3 is 2.21 bits per heavy atom. The highest BCUT2D eigenvalue weighted by Crippen LogP contribution is 2.37. The van der Waals surface area contributed by atoms with Gasteiger partial charge in [0.05, 0.1) is 18.6 Å². The second kappa shape index (κ2) is 5.15. The third-order valence-corrected chi connectivity index (χ3v) is 7.64. The van der Waals surface area contributed by atoms with E-state index in [-0.39, 0.29) is 11.1 Å². The van der Waals surface area contributed by atoms with E-state index in [0.717, 1.165) is 0 Å². The topological polar surface area (TPSA) is 33.0 Å². The van der Waals surface area contributed by atoms with E-state index in [1.165, 1.54) is 0 Å². The minimum absolute atomic E-state index is 0.109. The quantitative estimate of drug-likeness (QED) is 0.550. The molecule has 0 aliphatic rings. The van der Waals surface area contributed by atoms with Crippen LogP contribution < -0.4 is 0 Å².